The molecule has 1 atom stereocenters. The first-order valence-electron chi connectivity index (χ1n) is 6.62. The summed E-state index contributed by atoms with van der Waals surface area (Å²) < 4.78 is 5.20. The molecule has 1 aromatic rings. The molecular weight excluding hydrogens is 244 g/mol. The van der Waals surface area contributed by atoms with E-state index in [1.165, 1.54) is 0 Å². The van der Waals surface area contributed by atoms with Crippen LogP contribution in [0.15, 0.2) is 10.6 Å². The van der Waals surface area contributed by atoms with Gasteiger partial charge < -0.3 is 14.9 Å². The second-order valence-electron chi connectivity index (χ2n) is 6.17. The van der Waals surface area contributed by atoms with Crippen molar-refractivity contribution >= 4 is 5.91 Å². The average Bonchev–Trinajstić information content (AvgIpc) is 2.78. The van der Waals surface area contributed by atoms with E-state index in [0.29, 0.717) is 12.2 Å². The molecule has 1 unspecified atom stereocenters. The maximum Gasteiger partial charge on any atom is 0.273 e. The van der Waals surface area contributed by atoms with E-state index < -0.39 is 5.54 Å². The lowest BCUT2D eigenvalue weighted by Gasteiger charge is -2.28. The number of carbonyl (C=O) groups is 1. The average molecular weight is 268 g/mol. The van der Waals surface area contributed by atoms with Gasteiger partial charge in [-0.25, -0.2) is 0 Å². The smallest absolute Gasteiger partial charge is 0.273 e. The Bertz CT molecular complexity index is 434. The van der Waals surface area contributed by atoms with Crippen molar-refractivity contribution < 1.29 is 14.4 Å². The highest BCUT2D eigenvalue weighted by molar-refractivity contribution is 5.92. The van der Waals surface area contributed by atoms with Gasteiger partial charge in [0, 0.05) is 23.6 Å². The van der Waals surface area contributed by atoms with Crippen LogP contribution in [-0.2, 0) is 5.41 Å². The molecule has 0 bridgehead atoms. The van der Waals surface area contributed by atoms with Crippen molar-refractivity contribution in [2.75, 3.05) is 6.61 Å². The van der Waals surface area contributed by atoms with E-state index in [1.54, 1.807) is 6.07 Å². The van der Waals surface area contributed by atoms with Crippen molar-refractivity contribution in [3.8, 4) is 0 Å². The molecule has 1 rings (SSSR count). The van der Waals surface area contributed by atoms with Crippen LogP contribution in [0.1, 0.15) is 63.7 Å². The molecule has 0 aliphatic carbocycles. The number of aliphatic hydroxyl groups is 1. The van der Waals surface area contributed by atoms with Gasteiger partial charge in [0.2, 0.25) is 0 Å². The molecule has 0 radical (unpaired) electrons. The fraction of sp³-hybridized carbons (Fsp3) is 0.714. The van der Waals surface area contributed by atoms with Gasteiger partial charge in [-0.15, -0.1) is 0 Å². The summed E-state index contributed by atoms with van der Waals surface area (Å²) in [6, 6.07) is 1.67. The zero-order valence-electron chi connectivity index (χ0n) is 12.4. The van der Waals surface area contributed by atoms with Gasteiger partial charge in [-0.1, -0.05) is 32.9 Å². The number of amides is 1. The topological polar surface area (TPSA) is 75.4 Å². The van der Waals surface area contributed by atoms with Crippen molar-refractivity contribution in [1.29, 1.82) is 0 Å². The van der Waals surface area contributed by atoms with Crippen molar-refractivity contribution in [1.82, 2.24) is 10.5 Å². The Hall–Kier alpha value is -1.36. The van der Waals surface area contributed by atoms with E-state index in [-0.39, 0.29) is 23.6 Å². The molecule has 0 saturated heterocycles. The highest BCUT2D eigenvalue weighted by Crippen LogP contribution is 2.23. The lowest BCUT2D eigenvalue weighted by molar-refractivity contribution is 0.0876. The normalized spacial score (nSPS) is 15.1. The zero-order chi connectivity index (χ0) is 14.7. The van der Waals surface area contributed by atoms with Crippen molar-refractivity contribution in [2.24, 2.45) is 0 Å². The number of hydrogen-bond donors (Lipinski definition) is 2. The molecular formula is C14H24N2O3. The zero-order valence-corrected chi connectivity index (χ0v) is 12.4. The number of aromatic nitrogens is 1. The Kier molecular flexibility index (Phi) is 4.74. The summed E-state index contributed by atoms with van der Waals surface area (Å²) in [4.78, 5) is 12.1. The van der Waals surface area contributed by atoms with Crippen LogP contribution in [0.3, 0.4) is 0 Å². The molecule has 19 heavy (non-hydrogen) atoms. The number of carbonyl (C=O) groups excluding carboxylic acids is 1. The predicted octanol–water partition coefficient (Wildman–Crippen LogP) is 2.25. The number of hydrogen-bond acceptors (Lipinski definition) is 4. The molecule has 1 heterocycles. The monoisotopic (exact) mass is 268 g/mol. The van der Waals surface area contributed by atoms with Crippen LogP contribution in [0.4, 0.5) is 0 Å². The number of nitrogens with zero attached hydrogens (tertiary/aromatic N) is 1. The summed E-state index contributed by atoms with van der Waals surface area (Å²) in [6.07, 6.45) is 1.25. The third kappa shape index (κ3) is 4.06. The van der Waals surface area contributed by atoms with E-state index in [4.69, 9.17) is 9.63 Å². The highest BCUT2D eigenvalue weighted by Gasteiger charge is 2.27. The predicted molar refractivity (Wildman–Crippen MR) is 73.1 cm³/mol. The largest absolute Gasteiger partial charge is 0.396 e. The molecule has 0 aliphatic rings. The molecule has 1 amide bonds. The quantitative estimate of drug-likeness (QED) is 0.859. The standard InChI is InChI=1S/C14H24N2O3/c1-6-14(5,7-8-17)15-12(18)10-9-11(19-16-10)13(2,3)4/h9,17H,6-8H2,1-5H3,(H,15,18). The van der Waals surface area contributed by atoms with E-state index in [1.807, 2.05) is 34.6 Å². The Morgan fingerprint density at radius 3 is 2.47 bits per heavy atom. The molecule has 1 aromatic heterocycles. The first kappa shape index (κ1) is 15.7. The Morgan fingerprint density at radius 2 is 2.05 bits per heavy atom. The van der Waals surface area contributed by atoms with E-state index >= 15 is 0 Å². The molecule has 0 spiro atoms. The summed E-state index contributed by atoms with van der Waals surface area (Å²) in [6.45, 7) is 9.91. The number of aliphatic hydroxyl groups excluding tert-OH is 1. The van der Waals surface area contributed by atoms with Gasteiger partial charge in [-0.05, 0) is 19.8 Å². The lowest BCUT2D eigenvalue weighted by Crippen LogP contribution is -2.46. The van der Waals surface area contributed by atoms with Crippen LogP contribution in [-0.4, -0.2) is 28.3 Å². The first-order valence-corrected chi connectivity index (χ1v) is 6.62. The summed E-state index contributed by atoms with van der Waals surface area (Å²) in [5, 5.41) is 15.8. The summed E-state index contributed by atoms with van der Waals surface area (Å²) in [5.41, 5.74) is -0.320. The van der Waals surface area contributed by atoms with Gasteiger partial charge >= 0.3 is 0 Å². The van der Waals surface area contributed by atoms with Gasteiger partial charge in [0.1, 0.15) is 5.76 Å². The van der Waals surface area contributed by atoms with Crippen LogP contribution >= 0.6 is 0 Å². The van der Waals surface area contributed by atoms with Crippen LogP contribution in [0.5, 0.6) is 0 Å². The Morgan fingerprint density at radius 1 is 1.42 bits per heavy atom. The van der Waals surface area contributed by atoms with Gasteiger partial charge in [0.25, 0.3) is 5.91 Å². The molecule has 0 aliphatic heterocycles. The van der Waals surface area contributed by atoms with E-state index in [2.05, 4.69) is 10.5 Å². The highest BCUT2D eigenvalue weighted by atomic mass is 16.5. The minimum Gasteiger partial charge on any atom is -0.396 e. The third-order valence-electron chi connectivity index (χ3n) is 3.34. The number of nitrogens with one attached hydrogen (secondary N) is 1. The van der Waals surface area contributed by atoms with Crippen LogP contribution < -0.4 is 5.32 Å². The molecule has 2 N–H and O–H groups in total. The Balaban J connectivity index is 2.81. The Labute approximate surface area is 114 Å². The molecule has 108 valence electrons. The minimum absolute atomic E-state index is 0.0384. The van der Waals surface area contributed by atoms with Gasteiger partial charge in [0.15, 0.2) is 5.69 Å². The van der Waals surface area contributed by atoms with Crippen molar-refractivity contribution in [3.05, 3.63) is 17.5 Å². The molecule has 5 nitrogen and oxygen atoms in total. The van der Waals surface area contributed by atoms with Crippen molar-refractivity contribution in [3.63, 3.8) is 0 Å². The molecule has 0 saturated carbocycles. The third-order valence-corrected chi connectivity index (χ3v) is 3.34. The van der Waals surface area contributed by atoms with Gasteiger partial charge in [-0.2, -0.15) is 0 Å². The maximum atomic E-state index is 12.1. The van der Waals surface area contributed by atoms with Crippen LogP contribution in [0.25, 0.3) is 0 Å². The molecule has 5 heteroatoms. The van der Waals surface area contributed by atoms with Gasteiger partial charge in [0.05, 0.1) is 0 Å². The van der Waals surface area contributed by atoms with Crippen molar-refractivity contribution in [2.45, 2.75) is 58.4 Å². The van der Waals surface area contributed by atoms with E-state index in [0.717, 1.165) is 6.42 Å². The van der Waals surface area contributed by atoms with Gasteiger partial charge in [-0.3, -0.25) is 4.79 Å². The first-order chi connectivity index (χ1) is 8.72. The maximum absolute atomic E-state index is 12.1. The summed E-state index contributed by atoms with van der Waals surface area (Å²) in [7, 11) is 0. The fourth-order valence-corrected chi connectivity index (χ4v) is 1.65. The lowest BCUT2D eigenvalue weighted by atomic mass is 9.93. The van der Waals surface area contributed by atoms with Crippen LogP contribution in [0.2, 0.25) is 0 Å². The van der Waals surface area contributed by atoms with Crippen LogP contribution in [0, 0.1) is 0 Å². The molecule has 0 aromatic carbocycles. The summed E-state index contributed by atoms with van der Waals surface area (Å²) in [5.74, 6) is 0.412. The second-order valence-corrected chi connectivity index (χ2v) is 6.17. The SMILES string of the molecule is CCC(C)(CCO)NC(=O)c1cc(C(C)(C)C)on1. The fourth-order valence-electron chi connectivity index (χ4n) is 1.65. The summed E-state index contributed by atoms with van der Waals surface area (Å²) >= 11 is 0. The second kappa shape index (κ2) is 5.74. The van der Waals surface area contributed by atoms with E-state index in [9.17, 15) is 4.79 Å². The number of rotatable bonds is 5. The minimum atomic E-state index is -0.424. The molecule has 0 fully saturated rings.